The van der Waals surface area contributed by atoms with Crippen LogP contribution in [0.1, 0.15) is 50.4 Å². The SMILES string of the molecule is Cc1cc([C@@](CC=NO)(c2ccc(-c3ccc(C(=O)O)cc3)cc2)c2ccccc2C)cc(C)n1. The summed E-state index contributed by atoms with van der Waals surface area (Å²) < 4.78 is 0. The van der Waals surface area contributed by atoms with E-state index in [1.54, 1.807) is 18.3 Å². The van der Waals surface area contributed by atoms with Gasteiger partial charge in [-0.05, 0) is 78.4 Å². The lowest BCUT2D eigenvalue weighted by molar-refractivity contribution is 0.0697. The van der Waals surface area contributed by atoms with Gasteiger partial charge in [-0.3, -0.25) is 4.98 Å². The van der Waals surface area contributed by atoms with Crippen LogP contribution < -0.4 is 0 Å². The van der Waals surface area contributed by atoms with E-state index in [0.717, 1.165) is 44.8 Å². The average molecular weight is 465 g/mol. The first-order chi connectivity index (χ1) is 16.8. The number of hydrogen-bond acceptors (Lipinski definition) is 4. The molecule has 4 aromatic rings. The summed E-state index contributed by atoms with van der Waals surface area (Å²) in [7, 11) is 0. The number of benzene rings is 3. The first kappa shape index (κ1) is 23.9. The minimum atomic E-state index is -0.941. The van der Waals surface area contributed by atoms with Crippen molar-refractivity contribution in [2.75, 3.05) is 0 Å². The number of carboxylic acid groups (broad SMARTS) is 1. The average Bonchev–Trinajstić information content (AvgIpc) is 2.85. The van der Waals surface area contributed by atoms with Crippen molar-refractivity contribution < 1.29 is 15.1 Å². The summed E-state index contributed by atoms with van der Waals surface area (Å²) >= 11 is 0. The Kier molecular flexibility index (Phi) is 6.78. The molecule has 0 amide bonds. The number of rotatable bonds is 7. The maximum Gasteiger partial charge on any atom is 0.335 e. The topological polar surface area (TPSA) is 82.8 Å². The number of pyridine rings is 1. The van der Waals surface area contributed by atoms with Crippen LogP contribution in [-0.2, 0) is 5.41 Å². The van der Waals surface area contributed by atoms with Crippen LogP contribution in [0.25, 0.3) is 11.1 Å². The molecule has 5 nitrogen and oxygen atoms in total. The van der Waals surface area contributed by atoms with Gasteiger partial charge in [0, 0.05) is 24.0 Å². The van der Waals surface area contributed by atoms with Gasteiger partial charge in [0.15, 0.2) is 0 Å². The molecule has 0 saturated carbocycles. The number of carbonyl (C=O) groups is 1. The lowest BCUT2D eigenvalue weighted by Gasteiger charge is -2.36. The minimum Gasteiger partial charge on any atom is -0.478 e. The fraction of sp³-hybridized carbons (Fsp3) is 0.167. The Hall–Kier alpha value is -4.25. The molecule has 0 aliphatic heterocycles. The van der Waals surface area contributed by atoms with Crippen LogP contribution in [0.5, 0.6) is 0 Å². The zero-order valence-electron chi connectivity index (χ0n) is 20.1. The summed E-state index contributed by atoms with van der Waals surface area (Å²) in [4.78, 5) is 15.8. The molecule has 0 spiro atoms. The first-order valence-electron chi connectivity index (χ1n) is 11.5. The maximum absolute atomic E-state index is 11.2. The fourth-order valence-corrected chi connectivity index (χ4v) is 4.89. The van der Waals surface area contributed by atoms with Crippen molar-refractivity contribution in [3.8, 4) is 11.1 Å². The third-order valence-electron chi connectivity index (χ3n) is 6.50. The second-order valence-electron chi connectivity index (χ2n) is 8.82. The van der Waals surface area contributed by atoms with Gasteiger partial charge in [0.2, 0.25) is 0 Å². The number of aryl methyl sites for hydroxylation is 3. The molecule has 0 fully saturated rings. The molecule has 5 heteroatoms. The highest BCUT2D eigenvalue weighted by atomic mass is 16.4. The van der Waals surface area contributed by atoms with Gasteiger partial charge in [0.1, 0.15) is 0 Å². The molecule has 0 bridgehead atoms. The van der Waals surface area contributed by atoms with Gasteiger partial charge in [-0.2, -0.15) is 0 Å². The Bertz CT molecular complexity index is 1360. The minimum absolute atomic E-state index is 0.260. The van der Waals surface area contributed by atoms with E-state index in [1.807, 2.05) is 38.1 Å². The Morgan fingerprint density at radius 3 is 1.97 bits per heavy atom. The highest BCUT2D eigenvalue weighted by Crippen LogP contribution is 2.44. The van der Waals surface area contributed by atoms with Crippen LogP contribution in [-0.4, -0.2) is 27.5 Å². The molecule has 1 atom stereocenters. The first-order valence-corrected chi connectivity index (χ1v) is 11.5. The number of hydrogen-bond donors (Lipinski definition) is 2. The van der Waals surface area contributed by atoms with E-state index in [9.17, 15) is 15.1 Å². The Labute approximate surface area is 205 Å². The van der Waals surface area contributed by atoms with Gasteiger partial charge in [0.25, 0.3) is 0 Å². The molecule has 35 heavy (non-hydrogen) atoms. The van der Waals surface area contributed by atoms with Crippen molar-refractivity contribution in [2.24, 2.45) is 5.16 Å². The van der Waals surface area contributed by atoms with E-state index in [1.165, 1.54) is 0 Å². The van der Waals surface area contributed by atoms with E-state index in [4.69, 9.17) is 0 Å². The van der Waals surface area contributed by atoms with Gasteiger partial charge in [-0.1, -0.05) is 60.7 Å². The quantitative estimate of drug-likeness (QED) is 0.184. The fourth-order valence-electron chi connectivity index (χ4n) is 4.89. The molecule has 1 aromatic heterocycles. The Balaban J connectivity index is 1.92. The van der Waals surface area contributed by atoms with Crippen LogP contribution in [0.2, 0.25) is 0 Å². The van der Waals surface area contributed by atoms with Gasteiger partial charge >= 0.3 is 5.97 Å². The van der Waals surface area contributed by atoms with Crippen LogP contribution >= 0.6 is 0 Å². The molecule has 1 heterocycles. The van der Waals surface area contributed by atoms with Gasteiger partial charge < -0.3 is 10.3 Å². The van der Waals surface area contributed by atoms with E-state index in [-0.39, 0.29) is 5.56 Å². The van der Waals surface area contributed by atoms with Crippen molar-refractivity contribution >= 4 is 12.2 Å². The smallest absolute Gasteiger partial charge is 0.335 e. The number of aromatic nitrogens is 1. The second kappa shape index (κ2) is 9.94. The Morgan fingerprint density at radius 1 is 0.857 bits per heavy atom. The van der Waals surface area contributed by atoms with Crippen LogP contribution in [0.4, 0.5) is 0 Å². The monoisotopic (exact) mass is 464 g/mol. The molecular formula is C30H28N2O3. The normalized spacial score (nSPS) is 13.0. The Morgan fingerprint density at radius 2 is 1.43 bits per heavy atom. The highest BCUT2D eigenvalue weighted by Gasteiger charge is 2.37. The summed E-state index contributed by atoms with van der Waals surface area (Å²) in [6, 6.07) is 27.7. The highest BCUT2D eigenvalue weighted by molar-refractivity contribution is 5.88. The molecule has 2 N–H and O–H groups in total. The van der Waals surface area contributed by atoms with Crippen molar-refractivity contribution in [2.45, 2.75) is 32.6 Å². The van der Waals surface area contributed by atoms with E-state index < -0.39 is 11.4 Å². The van der Waals surface area contributed by atoms with E-state index in [2.05, 4.69) is 65.6 Å². The molecule has 0 aliphatic rings. The summed E-state index contributed by atoms with van der Waals surface area (Å²) in [5.74, 6) is -0.941. The lowest BCUT2D eigenvalue weighted by Crippen LogP contribution is -2.31. The standard InChI is InChI=1S/C30H28N2O3/c1-20-6-4-5-7-28(20)30(16-17-31-35,27-18-21(2)32-22(3)19-27)26-14-12-24(13-15-26)23-8-10-25(11-9-23)29(33)34/h4-15,17-19,35H,16H2,1-3H3,(H,33,34)/t30-/m1/s1. The van der Waals surface area contributed by atoms with Crippen molar-refractivity contribution in [1.82, 2.24) is 4.98 Å². The van der Waals surface area contributed by atoms with Crippen LogP contribution in [0, 0.1) is 20.8 Å². The number of nitrogens with zero attached hydrogens (tertiary/aromatic N) is 2. The molecule has 4 rings (SSSR count). The van der Waals surface area contributed by atoms with Gasteiger partial charge in [-0.15, -0.1) is 5.16 Å². The molecule has 0 radical (unpaired) electrons. The predicted molar refractivity (Wildman–Crippen MR) is 139 cm³/mol. The maximum atomic E-state index is 11.2. The summed E-state index contributed by atoms with van der Waals surface area (Å²) in [5.41, 5.74) is 7.85. The second-order valence-corrected chi connectivity index (χ2v) is 8.82. The molecule has 0 unspecified atom stereocenters. The predicted octanol–water partition coefficient (Wildman–Crippen LogP) is 6.56. The molecule has 0 saturated heterocycles. The van der Waals surface area contributed by atoms with E-state index >= 15 is 0 Å². The van der Waals surface area contributed by atoms with Crippen molar-refractivity contribution in [1.29, 1.82) is 0 Å². The number of carboxylic acids is 1. The van der Waals surface area contributed by atoms with Crippen molar-refractivity contribution in [3.05, 3.63) is 124 Å². The largest absolute Gasteiger partial charge is 0.478 e. The molecular weight excluding hydrogens is 436 g/mol. The summed E-state index contributed by atoms with van der Waals surface area (Å²) in [5, 5.41) is 22.0. The molecule has 0 aliphatic carbocycles. The number of oxime groups is 1. The zero-order chi connectivity index (χ0) is 25.0. The van der Waals surface area contributed by atoms with Gasteiger partial charge in [0.05, 0.1) is 11.0 Å². The summed E-state index contributed by atoms with van der Waals surface area (Å²) in [6.45, 7) is 6.08. The zero-order valence-corrected chi connectivity index (χ0v) is 20.1. The third-order valence-corrected chi connectivity index (χ3v) is 6.50. The molecule has 176 valence electrons. The van der Waals surface area contributed by atoms with Crippen molar-refractivity contribution in [3.63, 3.8) is 0 Å². The van der Waals surface area contributed by atoms with Gasteiger partial charge in [-0.25, -0.2) is 4.79 Å². The molecule has 3 aromatic carbocycles. The lowest BCUT2D eigenvalue weighted by atomic mass is 9.66. The summed E-state index contributed by atoms with van der Waals surface area (Å²) in [6.07, 6.45) is 2.01. The number of aromatic carboxylic acids is 1. The van der Waals surface area contributed by atoms with Crippen LogP contribution in [0.15, 0.2) is 90.1 Å². The van der Waals surface area contributed by atoms with E-state index in [0.29, 0.717) is 6.42 Å². The van der Waals surface area contributed by atoms with Crippen LogP contribution in [0.3, 0.4) is 0 Å². The third kappa shape index (κ3) is 4.71.